The van der Waals surface area contributed by atoms with Gasteiger partial charge < -0.3 is 5.73 Å². The average molecular weight is 344 g/mol. The van der Waals surface area contributed by atoms with E-state index in [9.17, 15) is 18.0 Å². The van der Waals surface area contributed by atoms with Gasteiger partial charge in [0.15, 0.2) is 5.78 Å². The molecule has 0 heterocycles. The highest BCUT2D eigenvalue weighted by atomic mass is 79.9. The fraction of sp³-hybridized carbons (Fsp3) is 0.0714. The molecule has 0 saturated heterocycles. The maximum absolute atomic E-state index is 12.6. The van der Waals surface area contributed by atoms with E-state index in [0.717, 1.165) is 12.1 Å². The molecule has 2 aromatic carbocycles. The van der Waals surface area contributed by atoms with Crippen molar-refractivity contribution < 1.29 is 18.0 Å². The van der Waals surface area contributed by atoms with Gasteiger partial charge in [-0.25, -0.2) is 0 Å². The molecule has 0 radical (unpaired) electrons. The van der Waals surface area contributed by atoms with Crippen LogP contribution in [-0.4, -0.2) is 5.78 Å². The Morgan fingerprint density at radius 3 is 2.35 bits per heavy atom. The van der Waals surface area contributed by atoms with E-state index >= 15 is 0 Å². The van der Waals surface area contributed by atoms with Crippen LogP contribution < -0.4 is 5.73 Å². The van der Waals surface area contributed by atoms with Crippen molar-refractivity contribution in [1.82, 2.24) is 0 Å². The van der Waals surface area contributed by atoms with Crippen LogP contribution in [0.4, 0.5) is 18.9 Å². The average Bonchev–Trinajstić information content (AvgIpc) is 2.36. The van der Waals surface area contributed by atoms with Crippen molar-refractivity contribution in [3.05, 3.63) is 63.6 Å². The van der Waals surface area contributed by atoms with Gasteiger partial charge in [0.2, 0.25) is 0 Å². The molecule has 20 heavy (non-hydrogen) atoms. The van der Waals surface area contributed by atoms with Gasteiger partial charge >= 0.3 is 6.18 Å². The van der Waals surface area contributed by atoms with Crippen LogP contribution in [0.2, 0.25) is 0 Å². The first-order chi connectivity index (χ1) is 9.27. The molecule has 0 atom stereocenters. The number of nitrogens with two attached hydrogens (primary N) is 1. The Morgan fingerprint density at radius 2 is 1.75 bits per heavy atom. The maximum Gasteiger partial charge on any atom is 0.416 e. The minimum absolute atomic E-state index is 0.0303. The number of halogens is 4. The van der Waals surface area contributed by atoms with Crippen LogP contribution in [0.5, 0.6) is 0 Å². The third-order valence-electron chi connectivity index (χ3n) is 2.63. The zero-order valence-electron chi connectivity index (χ0n) is 10.0. The first-order valence-electron chi connectivity index (χ1n) is 5.55. The summed E-state index contributed by atoms with van der Waals surface area (Å²) < 4.78 is 38.5. The van der Waals surface area contributed by atoms with E-state index in [1.807, 2.05) is 0 Å². The van der Waals surface area contributed by atoms with E-state index in [1.165, 1.54) is 24.3 Å². The van der Waals surface area contributed by atoms with Crippen molar-refractivity contribution >= 4 is 27.4 Å². The van der Waals surface area contributed by atoms with Crippen LogP contribution >= 0.6 is 15.9 Å². The van der Waals surface area contributed by atoms with Gasteiger partial charge in [-0.05, 0) is 30.3 Å². The van der Waals surface area contributed by atoms with Gasteiger partial charge in [0.05, 0.1) is 5.56 Å². The quantitative estimate of drug-likeness (QED) is 0.653. The molecule has 0 fully saturated rings. The van der Waals surface area contributed by atoms with Crippen LogP contribution in [0.3, 0.4) is 0 Å². The Hall–Kier alpha value is -1.82. The van der Waals surface area contributed by atoms with Gasteiger partial charge in [0.25, 0.3) is 0 Å². The van der Waals surface area contributed by atoms with E-state index in [0.29, 0.717) is 10.2 Å². The first-order valence-corrected chi connectivity index (χ1v) is 6.35. The van der Waals surface area contributed by atoms with Crippen molar-refractivity contribution in [2.45, 2.75) is 6.18 Å². The van der Waals surface area contributed by atoms with Crippen molar-refractivity contribution in [2.75, 3.05) is 5.73 Å². The molecular formula is C14H9BrF3NO. The summed E-state index contributed by atoms with van der Waals surface area (Å²) in [7, 11) is 0. The number of ketones is 1. The molecular weight excluding hydrogens is 335 g/mol. The van der Waals surface area contributed by atoms with E-state index < -0.39 is 17.5 Å². The number of hydrogen-bond acceptors (Lipinski definition) is 2. The second kappa shape index (κ2) is 5.28. The normalized spacial score (nSPS) is 11.4. The molecule has 0 aliphatic carbocycles. The summed E-state index contributed by atoms with van der Waals surface area (Å²) in [6.45, 7) is 0. The predicted molar refractivity (Wildman–Crippen MR) is 73.4 cm³/mol. The number of anilines is 1. The highest BCUT2D eigenvalue weighted by Gasteiger charge is 2.30. The van der Waals surface area contributed by atoms with Crippen LogP contribution in [0.15, 0.2) is 46.9 Å². The number of rotatable bonds is 2. The monoisotopic (exact) mass is 343 g/mol. The fourth-order valence-electron chi connectivity index (χ4n) is 1.75. The van der Waals surface area contributed by atoms with Crippen molar-refractivity contribution in [2.24, 2.45) is 0 Å². The van der Waals surface area contributed by atoms with Gasteiger partial charge in [-0.3, -0.25) is 4.79 Å². The molecule has 0 amide bonds. The molecule has 0 saturated carbocycles. The van der Waals surface area contributed by atoms with E-state index in [2.05, 4.69) is 15.9 Å². The van der Waals surface area contributed by atoms with Gasteiger partial charge in [0.1, 0.15) is 0 Å². The van der Waals surface area contributed by atoms with Gasteiger partial charge in [-0.15, -0.1) is 0 Å². The third-order valence-corrected chi connectivity index (χ3v) is 3.09. The zero-order valence-corrected chi connectivity index (χ0v) is 11.6. The van der Waals surface area contributed by atoms with Gasteiger partial charge in [0, 0.05) is 21.3 Å². The van der Waals surface area contributed by atoms with Crippen molar-refractivity contribution in [3.8, 4) is 0 Å². The number of alkyl halides is 3. The van der Waals surface area contributed by atoms with Crippen molar-refractivity contribution in [3.63, 3.8) is 0 Å². The van der Waals surface area contributed by atoms with Crippen LogP contribution in [0.1, 0.15) is 21.5 Å². The Morgan fingerprint density at radius 1 is 1.05 bits per heavy atom. The lowest BCUT2D eigenvalue weighted by molar-refractivity contribution is -0.137. The second-order valence-corrected chi connectivity index (χ2v) is 5.10. The number of benzene rings is 2. The molecule has 0 aromatic heterocycles. The smallest absolute Gasteiger partial charge is 0.399 e. The largest absolute Gasteiger partial charge is 0.416 e. The van der Waals surface area contributed by atoms with Gasteiger partial charge in [-0.1, -0.05) is 28.1 Å². The molecule has 0 bridgehead atoms. The van der Waals surface area contributed by atoms with Crippen LogP contribution in [0.25, 0.3) is 0 Å². The van der Waals surface area contributed by atoms with E-state index in [-0.39, 0.29) is 11.1 Å². The van der Waals surface area contributed by atoms with E-state index in [1.54, 1.807) is 6.07 Å². The number of carbonyl (C=O) groups excluding carboxylic acids is 1. The number of nitrogen functional groups attached to an aromatic ring is 1. The molecule has 0 aliphatic rings. The molecule has 0 aliphatic heterocycles. The SMILES string of the molecule is Nc1cc(Br)cc(C(=O)c2cccc(C(F)(F)F)c2)c1. The minimum Gasteiger partial charge on any atom is -0.399 e. The highest BCUT2D eigenvalue weighted by Crippen LogP contribution is 2.30. The summed E-state index contributed by atoms with van der Waals surface area (Å²) in [6, 6.07) is 8.84. The third kappa shape index (κ3) is 3.19. The summed E-state index contributed by atoms with van der Waals surface area (Å²) in [5.74, 6) is -0.510. The topological polar surface area (TPSA) is 43.1 Å². The predicted octanol–water partition coefficient (Wildman–Crippen LogP) is 4.28. The molecule has 104 valence electrons. The summed E-state index contributed by atoms with van der Waals surface area (Å²) in [4.78, 5) is 12.2. The Balaban J connectivity index is 2.43. The van der Waals surface area contributed by atoms with Gasteiger partial charge in [-0.2, -0.15) is 13.2 Å². The lowest BCUT2D eigenvalue weighted by Gasteiger charge is -2.08. The Kier molecular flexibility index (Phi) is 3.85. The van der Waals surface area contributed by atoms with E-state index in [4.69, 9.17) is 5.73 Å². The van der Waals surface area contributed by atoms with Crippen LogP contribution in [-0.2, 0) is 6.18 Å². The first kappa shape index (κ1) is 14.6. The molecule has 2 nitrogen and oxygen atoms in total. The summed E-state index contributed by atoms with van der Waals surface area (Å²) in [6.07, 6.45) is -4.48. The van der Waals surface area contributed by atoms with Crippen LogP contribution in [0, 0.1) is 0 Å². The maximum atomic E-state index is 12.6. The zero-order chi connectivity index (χ0) is 14.9. The Bertz CT molecular complexity index is 647. The van der Waals surface area contributed by atoms with Crippen molar-refractivity contribution in [1.29, 1.82) is 0 Å². The summed E-state index contributed by atoms with van der Waals surface area (Å²) >= 11 is 3.19. The second-order valence-electron chi connectivity index (χ2n) is 4.18. The summed E-state index contributed by atoms with van der Waals surface area (Å²) in [5.41, 5.74) is 5.32. The lowest BCUT2D eigenvalue weighted by atomic mass is 10.0. The highest BCUT2D eigenvalue weighted by molar-refractivity contribution is 9.10. The lowest BCUT2D eigenvalue weighted by Crippen LogP contribution is -2.08. The molecule has 6 heteroatoms. The summed E-state index contributed by atoms with van der Waals surface area (Å²) in [5, 5.41) is 0. The molecule has 0 spiro atoms. The number of carbonyl (C=O) groups is 1. The molecule has 2 N–H and O–H groups in total. The molecule has 2 rings (SSSR count). The standard InChI is InChI=1S/C14H9BrF3NO/c15-11-5-9(6-12(19)7-11)13(20)8-2-1-3-10(4-8)14(16,17)18/h1-7H,19H2. The molecule has 0 unspecified atom stereocenters. The Labute approximate surface area is 121 Å². The fourth-order valence-corrected chi connectivity index (χ4v) is 2.26. The minimum atomic E-state index is -4.48. The number of hydrogen-bond donors (Lipinski definition) is 1. The molecule has 2 aromatic rings.